The van der Waals surface area contributed by atoms with E-state index in [0.29, 0.717) is 5.75 Å². The van der Waals surface area contributed by atoms with Gasteiger partial charge in [-0.3, -0.25) is 0 Å². The fraction of sp³-hybridized carbons (Fsp3) is 0.500. The lowest BCUT2D eigenvalue weighted by atomic mass is 9.96. The Hall–Kier alpha value is -0.938. The summed E-state index contributed by atoms with van der Waals surface area (Å²) in [6.07, 6.45) is 0. The van der Waals surface area contributed by atoms with Crippen LogP contribution in [0.15, 0.2) is 18.2 Å². The minimum atomic E-state index is -1.02. The van der Waals surface area contributed by atoms with E-state index in [1.54, 1.807) is 12.1 Å². The van der Waals surface area contributed by atoms with Gasteiger partial charge in [0, 0.05) is 20.7 Å². The number of aromatic hydroxyl groups is 1. The number of phenolic OH excluding ortho intramolecular Hbond substituents is 1. The maximum absolute atomic E-state index is 9.39. The highest BCUT2D eigenvalue weighted by Crippen LogP contribution is 2.16. The monoisotopic (exact) mass is 252 g/mol. The van der Waals surface area contributed by atoms with Gasteiger partial charge in [0.15, 0.2) is 6.79 Å². The molecule has 0 bridgehead atoms. The molecule has 1 aromatic carbocycles. The zero-order valence-electron chi connectivity index (χ0n) is 11.1. The molecule has 3 nitrogen and oxygen atoms in total. The number of hydrogen-bond donors (Lipinski definition) is 1. The Kier molecular flexibility index (Phi) is 5.08. The van der Waals surface area contributed by atoms with Crippen LogP contribution >= 0.6 is 0 Å². The third-order valence-electron chi connectivity index (χ3n) is 2.34. The molecule has 0 spiro atoms. The molecule has 94 valence electrons. The second-order valence-corrected chi connectivity index (χ2v) is 11.1. The molecule has 1 aromatic rings. The van der Waals surface area contributed by atoms with Crippen LogP contribution in [0.4, 0.5) is 0 Å². The van der Waals surface area contributed by atoms with E-state index >= 15 is 0 Å². The van der Waals surface area contributed by atoms with E-state index in [4.69, 9.17) is 9.47 Å². The maximum atomic E-state index is 9.39. The molecule has 0 amide bonds. The molecular formula is C12H21BO3Si. The van der Waals surface area contributed by atoms with Gasteiger partial charge < -0.3 is 14.6 Å². The first-order valence-corrected chi connectivity index (χ1v) is 9.59. The van der Waals surface area contributed by atoms with Crippen LogP contribution in [0.5, 0.6) is 11.5 Å². The fourth-order valence-corrected chi connectivity index (χ4v) is 2.12. The van der Waals surface area contributed by atoms with E-state index in [9.17, 15) is 5.11 Å². The number of hydrogen-bond acceptors (Lipinski definition) is 3. The van der Waals surface area contributed by atoms with Crippen molar-refractivity contribution in [3.8, 4) is 11.5 Å². The van der Waals surface area contributed by atoms with Crippen LogP contribution in [-0.2, 0) is 4.74 Å². The zero-order valence-corrected chi connectivity index (χ0v) is 12.1. The summed E-state index contributed by atoms with van der Waals surface area (Å²) in [5, 5.41) is 9.39. The lowest BCUT2D eigenvalue weighted by Crippen LogP contribution is -2.22. The van der Waals surface area contributed by atoms with Crippen LogP contribution in [0.2, 0.25) is 25.7 Å². The van der Waals surface area contributed by atoms with Gasteiger partial charge in [0.1, 0.15) is 19.3 Å². The van der Waals surface area contributed by atoms with Crippen LogP contribution in [0.3, 0.4) is 0 Å². The number of rotatable bonds is 6. The van der Waals surface area contributed by atoms with Crippen LogP contribution in [0.25, 0.3) is 0 Å². The standard InChI is InChI=1S/C12H21BO3Si/c1-17(2,3)5-4-15-9-16-12-7-10(13)6-11(14)8-12/h6-8,14H,4-5,9,13H2,1-3H3. The van der Waals surface area contributed by atoms with Crippen molar-refractivity contribution in [2.75, 3.05) is 13.4 Å². The lowest BCUT2D eigenvalue weighted by molar-refractivity contribution is 0.0220. The fourth-order valence-electron chi connectivity index (χ4n) is 1.36. The summed E-state index contributed by atoms with van der Waals surface area (Å²) in [4.78, 5) is 0. The van der Waals surface area contributed by atoms with Crippen molar-refractivity contribution in [3.05, 3.63) is 18.2 Å². The van der Waals surface area contributed by atoms with Gasteiger partial charge in [-0.15, -0.1) is 0 Å². The Morgan fingerprint density at radius 3 is 2.53 bits per heavy atom. The van der Waals surface area contributed by atoms with E-state index in [2.05, 4.69) is 19.6 Å². The van der Waals surface area contributed by atoms with Crippen molar-refractivity contribution in [2.45, 2.75) is 25.7 Å². The smallest absolute Gasteiger partial charge is 0.189 e. The molecule has 0 fully saturated rings. The second kappa shape index (κ2) is 6.12. The SMILES string of the molecule is Bc1cc(O)cc(OCOCC[Si](C)(C)C)c1. The molecule has 0 unspecified atom stereocenters. The Morgan fingerprint density at radius 2 is 1.94 bits per heavy atom. The summed E-state index contributed by atoms with van der Waals surface area (Å²) >= 11 is 0. The van der Waals surface area contributed by atoms with E-state index in [1.165, 1.54) is 0 Å². The van der Waals surface area contributed by atoms with Crippen molar-refractivity contribution >= 4 is 21.4 Å². The molecule has 0 aliphatic carbocycles. The molecule has 0 saturated heterocycles. The molecule has 0 heterocycles. The first-order chi connectivity index (χ1) is 7.87. The summed E-state index contributed by atoms with van der Waals surface area (Å²) in [5.74, 6) is 0.873. The minimum Gasteiger partial charge on any atom is -0.508 e. The molecule has 1 N–H and O–H groups in total. The minimum absolute atomic E-state index is 0.224. The average Bonchev–Trinajstić information content (AvgIpc) is 2.13. The van der Waals surface area contributed by atoms with Crippen molar-refractivity contribution < 1.29 is 14.6 Å². The molecule has 5 heteroatoms. The quantitative estimate of drug-likeness (QED) is 0.472. The lowest BCUT2D eigenvalue weighted by Gasteiger charge is -2.15. The first kappa shape index (κ1) is 14.1. The predicted octanol–water partition coefficient (Wildman–Crippen LogP) is 1.34. The normalized spacial score (nSPS) is 11.5. The van der Waals surface area contributed by atoms with E-state index in [1.807, 2.05) is 13.9 Å². The molecule has 0 radical (unpaired) electrons. The Balaban J connectivity index is 2.27. The predicted molar refractivity (Wildman–Crippen MR) is 75.9 cm³/mol. The van der Waals surface area contributed by atoms with Gasteiger partial charge >= 0.3 is 0 Å². The third-order valence-corrected chi connectivity index (χ3v) is 4.05. The summed E-state index contributed by atoms with van der Waals surface area (Å²) < 4.78 is 10.8. The van der Waals surface area contributed by atoms with Crippen molar-refractivity contribution in [2.24, 2.45) is 0 Å². The van der Waals surface area contributed by atoms with Gasteiger partial charge in [-0.1, -0.05) is 25.1 Å². The summed E-state index contributed by atoms with van der Waals surface area (Å²) in [5.41, 5.74) is 0.974. The van der Waals surface area contributed by atoms with E-state index in [-0.39, 0.29) is 12.5 Å². The van der Waals surface area contributed by atoms with Gasteiger partial charge in [0.2, 0.25) is 0 Å². The molecule has 0 atom stereocenters. The van der Waals surface area contributed by atoms with Crippen LogP contribution in [0.1, 0.15) is 0 Å². The summed E-state index contributed by atoms with van der Waals surface area (Å²) in [7, 11) is 0.890. The molecular weight excluding hydrogens is 231 g/mol. The zero-order chi connectivity index (χ0) is 12.9. The molecule has 0 aromatic heterocycles. The number of ether oxygens (including phenoxy) is 2. The van der Waals surface area contributed by atoms with Gasteiger partial charge in [-0.2, -0.15) is 0 Å². The summed E-state index contributed by atoms with van der Waals surface area (Å²) in [6.45, 7) is 7.93. The van der Waals surface area contributed by atoms with Crippen molar-refractivity contribution in [1.82, 2.24) is 0 Å². The molecule has 0 saturated carbocycles. The Labute approximate surface area is 105 Å². The largest absolute Gasteiger partial charge is 0.508 e. The van der Waals surface area contributed by atoms with Crippen molar-refractivity contribution in [3.63, 3.8) is 0 Å². The second-order valence-electron chi connectivity index (χ2n) is 5.49. The Morgan fingerprint density at radius 1 is 1.24 bits per heavy atom. The number of benzene rings is 1. The first-order valence-electron chi connectivity index (χ1n) is 5.88. The van der Waals surface area contributed by atoms with Gasteiger partial charge in [0.25, 0.3) is 0 Å². The van der Waals surface area contributed by atoms with Crippen LogP contribution in [0, 0.1) is 0 Å². The van der Waals surface area contributed by atoms with Crippen LogP contribution in [-0.4, -0.2) is 34.4 Å². The molecule has 17 heavy (non-hydrogen) atoms. The van der Waals surface area contributed by atoms with Gasteiger partial charge in [0.05, 0.1) is 0 Å². The maximum Gasteiger partial charge on any atom is 0.189 e. The van der Waals surface area contributed by atoms with E-state index < -0.39 is 8.07 Å². The van der Waals surface area contributed by atoms with Crippen LogP contribution < -0.4 is 10.2 Å². The highest BCUT2D eigenvalue weighted by atomic mass is 28.3. The summed E-state index contributed by atoms with van der Waals surface area (Å²) in [6, 6.07) is 6.30. The molecule has 1 rings (SSSR count). The molecule has 0 aliphatic rings. The Bertz CT molecular complexity index is 343. The average molecular weight is 252 g/mol. The highest BCUT2D eigenvalue weighted by molar-refractivity contribution is 6.76. The highest BCUT2D eigenvalue weighted by Gasteiger charge is 2.11. The number of phenols is 1. The van der Waals surface area contributed by atoms with Gasteiger partial charge in [-0.25, -0.2) is 0 Å². The third kappa shape index (κ3) is 6.38. The van der Waals surface area contributed by atoms with Crippen molar-refractivity contribution in [1.29, 1.82) is 0 Å². The van der Waals surface area contributed by atoms with E-state index in [0.717, 1.165) is 18.1 Å². The molecule has 0 aliphatic heterocycles. The topological polar surface area (TPSA) is 38.7 Å². The van der Waals surface area contributed by atoms with Gasteiger partial charge in [-0.05, 0) is 18.2 Å².